The SMILES string of the molecule is COc1cccc(NC(=O)/C=C/c2ccc(OC)c(F)c2)c1. The summed E-state index contributed by atoms with van der Waals surface area (Å²) >= 11 is 0. The molecule has 1 N–H and O–H groups in total. The maximum absolute atomic E-state index is 13.5. The Balaban J connectivity index is 2.03. The molecule has 22 heavy (non-hydrogen) atoms. The minimum absolute atomic E-state index is 0.165. The summed E-state index contributed by atoms with van der Waals surface area (Å²) in [5, 5.41) is 2.70. The van der Waals surface area contributed by atoms with Crippen molar-refractivity contribution in [3.63, 3.8) is 0 Å². The van der Waals surface area contributed by atoms with Gasteiger partial charge >= 0.3 is 0 Å². The Morgan fingerprint density at radius 3 is 2.64 bits per heavy atom. The van der Waals surface area contributed by atoms with Crippen LogP contribution in [-0.2, 0) is 4.79 Å². The molecule has 0 radical (unpaired) electrons. The van der Waals surface area contributed by atoms with E-state index < -0.39 is 5.82 Å². The van der Waals surface area contributed by atoms with Crippen molar-refractivity contribution >= 4 is 17.7 Å². The number of rotatable bonds is 5. The number of anilines is 1. The number of hydrogen-bond donors (Lipinski definition) is 1. The van der Waals surface area contributed by atoms with Crippen molar-refractivity contribution in [3.8, 4) is 11.5 Å². The van der Waals surface area contributed by atoms with Crippen molar-refractivity contribution < 1.29 is 18.7 Å². The summed E-state index contributed by atoms with van der Waals surface area (Å²) in [7, 11) is 2.95. The van der Waals surface area contributed by atoms with Crippen LogP contribution in [0.25, 0.3) is 6.08 Å². The zero-order valence-electron chi connectivity index (χ0n) is 12.3. The van der Waals surface area contributed by atoms with Crippen molar-refractivity contribution in [2.24, 2.45) is 0 Å². The molecule has 114 valence electrons. The van der Waals surface area contributed by atoms with Crippen LogP contribution in [0.2, 0.25) is 0 Å². The molecule has 5 heteroatoms. The van der Waals surface area contributed by atoms with Crippen LogP contribution in [0.4, 0.5) is 10.1 Å². The Bertz CT molecular complexity index is 698. The van der Waals surface area contributed by atoms with Gasteiger partial charge in [0.15, 0.2) is 11.6 Å². The maximum atomic E-state index is 13.5. The predicted molar refractivity (Wildman–Crippen MR) is 83.6 cm³/mol. The standard InChI is InChI=1S/C17H16FNO3/c1-21-14-5-3-4-13(11-14)19-17(20)9-7-12-6-8-16(22-2)15(18)10-12/h3-11H,1-2H3,(H,19,20)/b9-7+. The molecule has 2 aromatic rings. The van der Waals surface area contributed by atoms with Crippen LogP contribution in [0.1, 0.15) is 5.56 Å². The second kappa shape index (κ2) is 7.26. The fourth-order valence-electron chi connectivity index (χ4n) is 1.84. The van der Waals surface area contributed by atoms with E-state index in [2.05, 4.69) is 5.32 Å². The van der Waals surface area contributed by atoms with Gasteiger partial charge in [0, 0.05) is 17.8 Å². The summed E-state index contributed by atoms with van der Waals surface area (Å²) in [5.41, 5.74) is 1.19. The molecule has 0 saturated heterocycles. The van der Waals surface area contributed by atoms with E-state index >= 15 is 0 Å². The molecular formula is C17H16FNO3. The third-order valence-electron chi connectivity index (χ3n) is 2.94. The van der Waals surface area contributed by atoms with E-state index in [0.717, 1.165) is 0 Å². The number of hydrogen-bond acceptors (Lipinski definition) is 3. The Labute approximate surface area is 128 Å². The van der Waals surface area contributed by atoms with Crippen LogP contribution in [-0.4, -0.2) is 20.1 Å². The van der Waals surface area contributed by atoms with E-state index in [1.165, 1.54) is 31.4 Å². The summed E-state index contributed by atoms with van der Waals surface area (Å²) in [6.45, 7) is 0. The minimum Gasteiger partial charge on any atom is -0.497 e. The topological polar surface area (TPSA) is 47.6 Å². The molecule has 0 aliphatic heterocycles. The van der Waals surface area contributed by atoms with Gasteiger partial charge in [-0.3, -0.25) is 4.79 Å². The van der Waals surface area contributed by atoms with E-state index in [-0.39, 0.29) is 11.7 Å². The van der Waals surface area contributed by atoms with Crippen molar-refractivity contribution in [1.82, 2.24) is 0 Å². The molecule has 2 rings (SSSR count). The van der Waals surface area contributed by atoms with Gasteiger partial charge in [0.2, 0.25) is 5.91 Å². The normalized spacial score (nSPS) is 10.5. The highest BCUT2D eigenvalue weighted by atomic mass is 19.1. The first-order chi connectivity index (χ1) is 10.6. The summed E-state index contributed by atoms with van der Waals surface area (Å²) in [6.07, 6.45) is 2.86. The molecule has 0 unspecified atom stereocenters. The zero-order chi connectivity index (χ0) is 15.9. The molecule has 0 heterocycles. The van der Waals surface area contributed by atoms with Gasteiger partial charge in [0.1, 0.15) is 5.75 Å². The number of ether oxygens (including phenoxy) is 2. The van der Waals surface area contributed by atoms with Crippen molar-refractivity contribution in [2.75, 3.05) is 19.5 Å². The molecule has 0 atom stereocenters. The molecule has 4 nitrogen and oxygen atoms in total. The molecule has 1 amide bonds. The van der Waals surface area contributed by atoms with E-state index in [1.54, 1.807) is 37.4 Å². The van der Waals surface area contributed by atoms with Crippen molar-refractivity contribution in [2.45, 2.75) is 0 Å². The molecule has 0 aliphatic carbocycles. The average molecular weight is 301 g/mol. The van der Waals surface area contributed by atoms with E-state index in [9.17, 15) is 9.18 Å². The quantitative estimate of drug-likeness (QED) is 0.860. The van der Waals surface area contributed by atoms with Gasteiger partial charge < -0.3 is 14.8 Å². The van der Waals surface area contributed by atoms with Gasteiger partial charge in [-0.05, 0) is 35.9 Å². The lowest BCUT2D eigenvalue weighted by Gasteiger charge is -2.05. The van der Waals surface area contributed by atoms with Crippen LogP contribution in [0, 0.1) is 5.82 Å². The van der Waals surface area contributed by atoms with Crippen LogP contribution < -0.4 is 14.8 Å². The van der Waals surface area contributed by atoms with Crippen molar-refractivity contribution in [3.05, 3.63) is 59.9 Å². The first kappa shape index (κ1) is 15.6. The number of nitrogens with one attached hydrogen (secondary N) is 1. The molecule has 0 bridgehead atoms. The monoisotopic (exact) mass is 301 g/mol. The van der Waals surface area contributed by atoms with E-state index in [0.29, 0.717) is 17.0 Å². The summed E-state index contributed by atoms with van der Waals surface area (Å²) in [4.78, 5) is 11.8. The van der Waals surface area contributed by atoms with Gasteiger partial charge in [0.25, 0.3) is 0 Å². The van der Waals surface area contributed by atoms with E-state index in [1.807, 2.05) is 0 Å². The number of methoxy groups -OCH3 is 2. The minimum atomic E-state index is -0.474. The molecular weight excluding hydrogens is 285 g/mol. The van der Waals surface area contributed by atoms with Crippen LogP contribution in [0.5, 0.6) is 11.5 Å². The average Bonchev–Trinajstić information content (AvgIpc) is 2.53. The fraction of sp³-hybridized carbons (Fsp3) is 0.118. The van der Waals surface area contributed by atoms with Gasteiger partial charge in [-0.25, -0.2) is 4.39 Å². The Hall–Kier alpha value is -2.82. The largest absolute Gasteiger partial charge is 0.497 e. The Kier molecular flexibility index (Phi) is 5.14. The summed E-state index contributed by atoms with van der Waals surface area (Å²) < 4.78 is 23.4. The first-order valence-corrected chi connectivity index (χ1v) is 6.59. The van der Waals surface area contributed by atoms with Crippen molar-refractivity contribution in [1.29, 1.82) is 0 Å². The number of carbonyl (C=O) groups excluding carboxylic acids is 1. The lowest BCUT2D eigenvalue weighted by Crippen LogP contribution is -2.07. The lowest BCUT2D eigenvalue weighted by atomic mass is 10.2. The third-order valence-corrected chi connectivity index (χ3v) is 2.94. The Morgan fingerprint density at radius 2 is 1.95 bits per heavy atom. The van der Waals surface area contributed by atoms with Gasteiger partial charge in [0.05, 0.1) is 14.2 Å². The van der Waals surface area contributed by atoms with Gasteiger partial charge in [-0.15, -0.1) is 0 Å². The highest BCUT2D eigenvalue weighted by molar-refractivity contribution is 6.02. The second-order valence-electron chi connectivity index (χ2n) is 4.45. The maximum Gasteiger partial charge on any atom is 0.248 e. The highest BCUT2D eigenvalue weighted by Crippen LogP contribution is 2.19. The molecule has 0 aliphatic rings. The first-order valence-electron chi connectivity index (χ1n) is 6.59. The second-order valence-corrected chi connectivity index (χ2v) is 4.45. The smallest absolute Gasteiger partial charge is 0.248 e. The highest BCUT2D eigenvalue weighted by Gasteiger charge is 2.03. The molecule has 0 fully saturated rings. The summed E-state index contributed by atoms with van der Waals surface area (Å²) in [6, 6.07) is 11.5. The summed E-state index contributed by atoms with van der Waals surface area (Å²) in [5.74, 6) is 0.0271. The lowest BCUT2D eigenvalue weighted by molar-refractivity contribution is -0.111. The predicted octanol–water partition coefficient (Wildman–Crippen LogP) is 3.49. The van der Waals surface area contributed by atoms with Crippen LogP contribution >= 0.6 is 0 Å². The molecule has 0 saturated carbocycles. The van der Waals surface area contributed by atoms with Crippen LogP contribution in [0.3, 0.4) is 0 Å². The third kappa shape index (κ3) is 4.09. The van der Waals surface area contributed by atoms with Gasteiger partial charge in [-0.2, -0.15) is 0 Å². The molecule has 2 aromatic carbocycles. The van der Waals surface area contributed by atoms with Crippen LogP contribution in [0.15, 0.2) is 48.5 Å². The number of carbonyl (C=O) groups is 1. The number of amides is 1. The molecule has 0 aromatic heterocycles. The number of halogens is 1. The Morgan fingerprint density at radius 1 is 1.14 bits per heavy atom. The fourth-order valence-corrected chi connectivity index (χ4v) is 1.84. The zero-order valence-corrected chi connectivity index (χ0v) is 12.3. The number of benzene rings is 2. The van der Waals surface area contributed by atoms with E-state index in [4.69, 9.17) is 9.47 Å². The van der Waals surface area contributed by atoms with Gasteiger partial charge in [-0.1, -0.05) is 12.1 Å². The molecule has 0 spiro atoms.